The van der Waals surface area contributed by atoms with E-state index < -0.39 is 39.5 Å². The molecule has 0 radical (unpaired) electrons. The smallest absolute Gasteiger partial charge is 0.243 e. The largest absolute Gasteiger partial charge is 0.351 e. The van der Waals surface area contributed by atoms with Gasteiger partial charge in [0.2, 0.25) is 21.8 Å². The number of aryl methyl sites for hydroxylation is 1. The molecule has 1 aliphatic rings. The average molecular weight is 480 g/mol. The summed E-state index contributed by atoms with van der Waals surface area (Å²) in [5.74, 6) is -2.92. The molecule has 0 aromatic heterocycles. The van der Waals surface area contributed by atoms with Crippen LogP contribution in [0.4, 0.5) is 8.78 Å². The summed E-state index contributed by atoms with van der Waals surface area (Å²) >= 11 is 0. The molecular weight excluding hydrogens is 452 g/mol. The Hall–Kier alpha value is -2.85. The van der Waals surface area contributed by atoms with Gasteiger partial charge >= 0.3 is 0 Å². The molecule has 10 heteroatoms. The number of halogens is 2. The Morgan fingerprint density at radius 1 is 1.06 bits per heavy atom. The molecule has 0 aliphatic carbocycles. The van der Waals surface area contributed by atoms with Crippen molar-refractivity contribution in [1.82, 2.24) is 14.9 Å². The lowest BCUT2D eigenvalue weighted by Crippen LogP contribution is -2.53. The minimum Gasteiger partial charge on any atom is -0.351 e. The Morgan fingerprint density at radius 2 is 1.70 bits per heavy atom. The summed E-state index contributed by atoms with van der Waals surface area (Å²) in [5, 5.41) is 5.38. The van der Waals surface area contributed by atoms with E-state index in [1.807, 2.05) is 6.92 Å². The average Bonchev–Trinajstić information content (AvgIpc) is 2.76. The molecule has 2 amide bonds. The second-order valence-corrected chi connectivity index (χ2v) is 10.1. The van der Waals surface area contributed by atoms with Crippen LogP contribution in [-0.2, 0) is 26.0 Å². The lowest BCUT2D eigenvalue weighted by atomic mass is 10.0. The number of hydrogen-bond acceptors (Lipinski definition) is 4. The van der Waals surface area contributed by atoms with Gasteiger partial charge in [0.25, 0.3) is 0 Å². The predicted molar refractivity (Wildman–Crippen MR) is 119 cm³/mol. The molecule has 2 aromatic rings. The highest BCUT2D eigenvalue weighted by Crippen LogP contribution is 2.21. The minimum atomic E-state index is -3.61. The second kappa shape index (κ2) is 10.4. The zero-order chi connectivity index (χ0) is 24.2. The molecule has 2 aromatic carbocycles. The fraction of sp³-hybridized carbons (Fsp3) is 0.391. The normalized spacial score (nSPS) is 16.2. The number of benzene rings is 2. The highest BCUT2D eigenvalue weighted by molar-refractivity contribution is 7.89. The Balaban J connectivity index is 1.61. The van der Waals surface area contributed by atoms with E-state index in [0.29, 0.717) is 18.4 Å². The van der Waals surface area contributed by atoms with Crippen molar-refractivity contribution in [2.24, 2.45) is 0 Å². The quantitative estimate of drug-likeness (QED) is 0.637. The third-order valence-corrected chi connectivity index (χ3v) is 7.49. The van der Waals surface area contributed by atoms with Gasteiger partial charge in [-0.25, -0.2) is 17.2 Å². The van der Waals surface area contributed by atoms with Crippen LogP contribution in [0, 0.1) is 18.6 Å². The van der Waals surface area contributed by atoms with Crippen LogP contribution < -0.4 is 10.6 Å². The van der Waals surface area contributed by atoms with E-state index in [1.165, 1.54) is 17.3 Å². The van der Waals surface area contributed by atoms with Crippen molar-refractivity contribution in [3.63, 3.8) is 0 Å². The van der Waals surface area contributed by atoms with Crippen LogP contribution in [0.5, 0.6) is 0 Å². The first kappa shape index (κ1) is 24.8. The van der Waals surface area contributed by atoms with Crippen LogP contribution in [0.25, 0.3) is 0 Å². The van der Waals surface area contributed by atoms with E-state index in [2.05, 4.69) is 10.6 Å². The maximum absolute atomic E-state index is 13.5. The van der Waals surface area contributed by atoms with Crippen LogP contribution in [0.3, 0.4) is 0 Å². The lowest BCUT2D eigenvalue weighted by molar-refractivity contribution is -0.128. The number of carbonyl (C=O) groups excluding carboxylic acids is 2. The molecule has 0 saturated carbocycles. The monoisotopic (exact) mass is 479 g/mol. The third kappa shape index (κ3) is 6.35. The van der Waals surface area contributed by atoms with Crippen LogP contribution in [0.1, 0.15) is 30.9 Å². The van der Waals surface area contributed by atoms with Crippen molar-refractivity contribution in [2.45, 2.75) is 50.1 Å². The Labute approximate surface area is 192 Å². The van der Waals surface area contributed by atoms with Crippen LogP contribution >= 0.6 is 0 Å². The number of piperidine rings is 1. The van der Waals surface area contributed by atoms with E-state index in [4.69, 9.17) is 0 Å². The van der Waals surface area contributed by atoms with Crippen molar-refractivity contribution in [3.8, 4) is 0 Å². The topological polar surface area (TPSA) is 95.6 Å². The number of sulfonamides is 1. The number of amides is 2. The van der Waals surface area contributed by atoms with Crippen LogP contribution in [-0.4, -0.2) is 49.7 Å². The third-order valence-electron chi connectivity index (χ3n) is 5.58. The number of rotatable bonds is 7. The fourth-order valence-electron chi connectivity index (χ4n) is 3.76. The van der Waals surface area contributed by atoms with Crippen molar-refractivity contribution in [3.05, 3.63) is 65.2 Å². The summed E-state index contributed by atoms with van der Waals surface area (Å²) in [6.45, 7) is 3.63. The SMILES string of the molecule is CC(=O)N[C@H](Cc1ccc(F)c(F)c1)C(=O)NC1CCN(S(=O)(=O)c2ccc(C)cc2)CC1. The molecule has 0 bridgehead atoms. The molecular formula is C23H27F2N3O4S. The molecule has 0 spiro atoms. The van der Waals surface area contributed by atoms with Gasteiger partial charge in [-0.2, -0.15) is 4.31 Å². The summed E-state index contributed by atoms with van der Waals surface area (Å²) in [7, 11) is -3.61. The summed E-state index contributed by atoms with van der Waals surface area (Å²) in [6.07, 6.45) is 0.812. The van der Waals surface area contributed by atoms with Gasteiger partial charge in [-0.05, 0) is 49.6 Å². The molecule has 7 nitrogen and oxygen atoms in total. The van der Waals surface area contributed by atoms with E-state index in [-0.39, 0.29) is 30.4 Å². The molecule has 2 N–H and O–H groups in total. The first-order valence-electron chi connectivity index (χ1n) is 10.6. The highest BCUT2D eigenvalue weighted by Gasteiger charge is 2.31. The molecule has 178 valence electrons. The molecule has 0 unspecified atom stereocenters. The van der Waals surface area contributed by atoms with Gasteiger partial charge < -0.3 is 10.6 Å². The van der Waals surface area contributed by atoms with Gasteiger partial charge in [0.1, 0.15) is 6.04 Å². The van der Waals surface area contributed by atoms with Crippen LogP contribution in [0.15, 0.2) is 47.4 Å². The fourth-order valence-corrected chi connectivity index (χ4v) is 5.23. The van der Waals surface area contributed by atoms with Crippen LogP contribution in [0.2, 0.25) is 0 Å². The standard InChI is InChI=1S/C23H27F2N3O4S/c1-15-3-6-19(7-4-15)33(31,32)28-11-9-18(10-12-28)27-23(30)22(26-16(2)29)14-17-5-8-20(24)21(25)13-17/h3-8,13,18,22H,9-12,14H2,1-2H3,(H,26,29)(H,27,30)/t22-/m1/s1. The number of nitrogens with one attached hydrogen (secondary N) is 2. The molecule has 1 saturated heterocycles. The van der Waals surface area contributed by atoms with Gasteiger partial charge in [-0.1, -0.05) is 23.8 Å². The summed E-state index contributed by atoms with van der Waals surface area (Å²) in [6, 6.07) is 8.72. The van der Waals surface area contributed by atoms with Gasteiger partial charge in [0.15, 0.2) is 11.6 Å². The van der Waals surface area contributed by atoms with Gasteiger partial charge in [-0.15, -0.1) is 0 Å². The van der Waals surface area contributed by atoms with Gasteiger partial charge in [0.05, 0.1) is 4.90 Å². The first-order chi connectivity index (χ1) is 15.6. The summed E-state index contributed by atoms with van der Waals surface area (Å²) in [4.78, 5) is 24.6. The molecule has 1 heterocycles. The Kier molecular flexibility index (Phi) is 7.80. The van der Waals surface area contributed by atoms with Crippen molar-refractivity contribution in [1.29, 1.82) is 0 Å². The summed E-state index contributed by atoms with van der Waals surface area (Å²) in [5.41, 5.74) is 1.33. The van der Waals surface area contributed by atoms with Gasteiger partial charge in [0, 0.05) is 32.5 Å². The molecule has 1 atom stereocenters. The zero-order valence-electron chi connectivity index (χ0n) is 18.5. The Bertz CT molecular complexity index is 1120. The van der Waals surface area contributed by atoms with E-state index in [0.717, 1.165) is 17.7 Å². The van der Waals surface area contributed by atoms with E-state index in [1.54, 1.807) is 24.3 Å². The molecule has 33 heavy (non-hydrogen) atoms. The highest BCUT2D eigenvalue weighted by atomic mass is 32.2. The molecule has 1 aliphatic heterocycles. The number of carbonyl (C=O) groups is 2. The van der Waals surface area contributed by atoms with Crippen molar-refractivity contribution < 1.29 is 26.8 Å². The number of hydrogen-bond donors (Lipinski definition) is 2. The van der Waals surface area contributed by atoms with Crippen molar-refractivity contribution in [2.75, 3.05) is 13.1 Å². The summed E-state index contributed by atoms with van der Waals surface area (Å²) < 4.78 is 53.8. The Morgan fingerprint density at radius 3 is 2.27 bits per heavy atom. The first-order valence-corrected chi connectivity index (χ1v) is 12.1. The zero-order valence-corrected chi connectivity index (χ0v) is 19.3. The van der Waals surface area contributed by atoms with E-state index >= 15 is 0 Å². The lowest BCUT2D eigenvalue weighted by Gasteiger charge is -2.32. The van der Waals surface area contributed by atoms with Crippen molar-refractivity contribution >= 4 is 21.8 Å². The molecule has 3 rings (SSSR count). The molecule has 1 fully saturated rings. The number of nitrogens with zero attached hydrogens (tertiary/aromatic N) is 1. The minimum absolute atomic E-state index is 0.0107. The van der Waals surface area contributed by atoms with Gasteiger partial charge in [-0.3, -0.25) is 9.59 Å². The van der Waals surface area contributed by atoms with E-state index in [9.17, 15) is 26.8 Å². The maximum atomic E-state index is 13.5. The second-order valence-electron chi connectivity index (χ2n) is 8.21. The maximum Gasteiger partial charge on any atom is 0.243 e. The predicted octanol–water partition coefficient (Wildman–Crippen LogP) is 2.29.